The maximum absolute atomic E-state index is 5.91. The molecule has 2 fully saturated rings. The van der Waals surface area contributed by atoms with E-state index < -0.39 is 0 Å². The quantitative estimate of drug-likeness (QED) is 0.725. The number of ether oxygens (including phenoxy) is 1. The molecule has 4 nitrogen and oxygen atoms in total. The van der Waals surface area contributed by atoms with E-state index in [1.54, 1.807) is 0 Å². The van der Waals surface area contributed by atoms with E-state index in [4.69, 9.17) is 4.74 Å². The number of likely N-dealkylation sites (tertiary alicyclic amines) is 2. The first-order valence-corrected chi connectivity index (χ1v) is 8.91. The van der Waals surface area contributed by atoms with Crippen LogP contribution in [0.25, 0.3) is 0 Å². The summed E-state index contributed by atoms with van der Waals surface area (Å²) >= 11 is 0. The van der Waals surface area contributed by atoms with Crippen LogP contribution in [0.1, 0.15) is 39.5 Å². The highest BCUT2D eigenvalue weighted by Crippen LogP contribution is 2.22. The summed E-state index contributed by atoms with van der Waals surface area (Å²) in [6, 6.07) is 0.719. The lowest BCUT2D eigenvalue weighted by Gasteiger charge is -2.38. The minimum absolute atomic E-state index is 0.498. The van der Waals surface area contributed by atoms with Crippen molar-refractivity contribution < 1.29 is 4.74 Å². The minimum atomic E-state index is 0.498. The monoisotopic (exact) mass is 297 g/mol. The zero-order valence-electron chi connectivity index (χ0n) is 14.3. The van der Waals surface area contributed by atoms with E-state index in [0.717, 1.165) is 25.1 Å². The first-order valence-electron chi connectivity index (χ1n) is 8.91. The fourth-order valence-electron chi connectivity index (χ4n) is 3.60. The molecule has 0 aliphatic carbocycles. The number of rotatable bonds is 7. The van der Waals surface area contributed by atoms with E-state index in [1.807, 2.05) is 7.05 Å². The van der Waals surface area contributed by atoms with Crippen LogP contribution in [-0.4, -0.2) is 74.9 Å². The molecule has 0 bridgehead atoms. The Hall–Kier alpha value is -0.160. The van der Waals surface area contributed by atoms with Crippen molar-refractivity contribution in [3.8, 4) is 0 Å². The third-order valence-corrected chi connectivity index (χ3v) is 5.14. The van der Waals surface area contributed by atoms with Gasteiger partial charge in [-0.2, -0.15) is 0 Å². The Kier molecular flexibility index (Phi) is 7.44. The van der Waals surface area contributed by atoms with Gasteiger partial charge in [0.05, 0.1) is 12.7 Å². The Labute approximate surface area is 131 Å². The standard InChI is InChI=1S/C17H35N3O/c1-15(2)20-11-4-16(5-12-20)14-19-9-6-17(7-10-19)21-13-8-18-3/h15-18H,4-14H2,1-3H3. The summed E-state index contributed by atoms with van der Waals surface area (Å²) in [6.45, 7) is 12.8. The maximum atomic E-state index is 5.91. The first-order chi connectivity index (χ1) is 10.2. The molecule has 2 saturated heterocycles. The average molecular weight is 297 g/mol. The van der Waals surface area contributed by atoms with Gasteiger partial charge in [0.25, 0.3) is 0 Å². The fourth-order valence-corrected chi connectivity index (χ4v) is 3.60. The highest BCUT2D eigenvalue weighted by molar-refractivity contribution is 4.79. The molecule has 21 heavy (non-hydrogen) atoms. The van der Waals surface area contributed by atoms with Crippen molar-refractivity contribution >= 4 is 0 Å². The minimum Gasteiger partial charge on any atom is -0.377 e. The smallest absolute Gasteiger partial charge is 0.0600 e. The molecule has 2 aliphatic heterocycles. The summed E-state index contributed by atoms with van der Waals surface area (Å²) in [7, 11) is 1.98. The second kappa shape index (κ2) is 9.09. The third kappa shape index (κ3) is 5.85. The number of likely N-dealkylation sites (N-methyl/N-ethyl adjacent to an activating group) is 1. The predicted octanol–water partition coefficient (Wildman–Crippen LogP) is 1.81. The van der Waals surface area contributed by atoms with E-state index in [0.29, 0.717) is 6.10 Å². The summed E-state index contributed by atoms with van der Waals surface area (Å²) in [6.07, 6.45) is 5.70. The van der Waals surface area contributed by atoms with Crippen molar-refractivity contribution in [2.75, 3.05) is 52.9 Å². The maximum Gasteiger partial charge on any atom is 0.0600 e. The van der Waals surface area contributed by atoms with Crippen LogP contribution in [0.4, 0.5) is 0 Å². The molecule has 2 heterocycles. The molecule has 124 valence electrons. The Bertz CT molecular complexity index is 269. The van der Waals surface area contributed by atoms with E-state index in [1.165, 1.54) is 58.4 Å². The van der Waals surface area contributed by atoms with Crippen molar-refractivity contribution in [1.29, 1.82) is 0 Å². The molecular weight excluding hydrogens is 262 g/mol. The van der Waals surface area contributed by atoms with E-state index in [2.05, 4.69) is 29.0 Å². The molecule has 0 aromatic rings. The summed E-state index contributed by atoms with van der Waals surface area (Å²) in [4.78, 5) is 5.30. The fraction of sp³-hybridized carbons (Fsp3) is 1.00. The molecule has 4 heteroatoms. The highest BCUT2D eigenvalue weighted by atomic mass is 16.5. The van der Waals surface area contributed by atoms with E-state index >= 15 is 0 Å². The Morgan fingerprint density at radius 1 is 1.05 bits per heavy atom. The Morgan fingerprint density at radius 2 is 1.71 bits per heavy atom. The van der Waals surface area contributed by atoms with Crippen LogP contribution >= 0.6 is 0 Å². The largest absolute Gasteiger partial charge is 0.377 e. The molecule has 0 atom stereocenters. The molecule has 1 N–H and O–H groups in total. The van der Waals surface area contributed by atoms with Gasteiger partial charge in [-0.15, -0.1) is 0 Å². The lowest BCUT2D eigenvalue weighted by atomic mass is 9.94. The van der Waals surface area contributed by atoms with Gasteiger partial charge < -0.3 is 19.9 Å². The van der Waals surface area contributed by atoms with E-state index in [9.17, 15) is 0 Å². The highest BCUT2D eigenvalue weighted by Gasteiger charge is 2.25. The van der Waals surface area contributed by atoms with Crippen LogP contribution in [0.3, 0.4) is 0 Å². The van der Waals surface area contributed by atoms with Crippen molar-refractivity contribution in [1.82, 2.24) is 15.1 Å². The predicted molar refractivity (Wildman–Crippen MR) is 88.8 cm³/mol. The molecule has 0 amide bonds. The van der Waals surface area contributed by atoms with Crippen LogP contribution in [0.5, 0.6) is 0 Å². The van der Waals surface area contributed by atoms with Gasteiger partial charge in [0.15, 0.2) is 0 Å². The summed E-state index contributed by atoms with van der Waals surface area (Å²) < 4.78 is 5.91. The lowest BCUT2D eigenvalue weighted by Crippen LogP contribution is -2.44. The molecule has 0 aromatic carbocycles. The van der Waals surface area contributed by atoms with E-state index in [-0.39, 0.29) is 0 Å². The molecule has 0 spiro atoms. The van der Waals surface area contributed by atoms with Crippen LogP contribution in [0.15, 0.2) is 0 Å². The normalized spacial score (nSPS) is 24.0. The number of hydrogen-bond acceptors (Lipinski definition) is 4. The average Bonchev–Trinajstić information content (AvgIpc) is 2.50. The molecule has 0 radical (unpaired) electrons. The third-order valence-electron chi connectivity index (χ3n) is 5.14. The van der Waals surface area contributed by atoms with Gasteiger partial charge in [0.1, 0.15) is 0 Å². The van der Waals surface area contributed by atoms with Gasteiger partial charge in [-0.05, 0) is 65.6 Å². The SMILES string of the molecule is CNCCOC1CCN(CC2CCN(C(C)C)CC2)CC1. The summed E-state index contributed by atoms with van der Waals surface area (Å²) in [5.74, 6) is 0.918. The summed E-state index contributed by atoms with van der Waals surface area (Å²) in [5, 5.41) is 3.14. The van der Waals surface area contributed by atoms with Crippen LogP contribution in [-0.2, 0) is 4.74 Å². The van der Waals surface area contributed by atoms with Crippen LogP contribution in [0.2, 0.25) is 0 Å². The van der Waals surface area contributed by atoms with Crippen molar-refractivity contribution in [2.24, 2.45) is 5.92 Å². The number of nitrogens with zero attached hydrogens (tertiary/aromatic N) is 2. The molecule has 0 unspecified atom stereocenters. The van der Waals surface area contributed by atoms with Gasteiger partial charge >= 0.3 is 0 Å². The van der Waals surface area contributed by atoms with Gasteiger partial charge in [-0.1, -0.05) is 0 Å². The zero-order valence-corrected chi connectivity index (χ0v) is 14.3. The topological polar surface area (TPSA) is 27.7 Å². The summed E-state index contributed by atoms with van der Waals surface area (Å²) in [5.41, 5.74) is 0. The molecule has 2 rings (SSSR count). The van der Waals surface area contributed by atoms with Gasteiger partial charge in [0, 0.05) is 32.2 Å². The van der Waals surface area contributed by atoms with Gasteiger partial charge in [-0.3, -0.25) is 0 Å². The number of hydrogen-bond donors (Lipinski definition) is 1. The van der Waals surface area contributed by atoms with Crippen molar-refractivity contribution in [2.45, 2.75) is 51.7 Å². The number of piperidine rings is 2. The Morgan fingerprint density at radius 3 is 2.29 bits per heavy atom. The van der Waals surface area contributed by atoms with Crippen molar-refractivity contribution in [3.63, 3.8) is 0 Å². The number of nitrogens with one attached hydrogen (secondary N) is 1. The van der Waals surface area contributed by atoms with Crippen LogP contribution < -0.4 is 5.32 Å². The van der Waals surface area contributed by atoms with Crippen LogP contribution in [0, 0.1) is 5.92 Å². The first kappa shape index (κ1) is 17.2. The molecule has 2 aliphatic rings. The Balaban J connectivity index is 1.59. The molecule has 0 saturated carbocycles. The van der Waals surface area contributed by atoms with Gasteiger partial charge in [-0.25, -0.2) is 0 Å². The lowest BCUT2D eigenvalue weighted by molar-refractivity contribution is 0.00379. The van der Waals surface area contributed by atoms with Crippen molar-refractivity contribution in [3.05, 3.63) is 0 Å². The molecular formula is C17H35N3O. The second-order valence-corrected chi connectivity index (χ2v) is 7.05. The zero-order chi connectivity index (χ0) is 15.1. The second-order valence-electron chi connectivity index (χ2n) is 7.05. The van der Waals surface area contributed by atoms with Gasteiger partial charge in [0.2, 0.25) is 0 Å². The molecule has 0 aromatic heterocycles.